The van der Waals surface area contributed by atoms with Crippen LogP contribution in [0.15, 0.2) is 61.1 Å². The maximum absolute atomic E-state index is 4.82. The number of hydrogen-bond donors (Lipinski definition) is 0. The number of anilines is 1. The minimum Gasteiger partial charge on any atom is -0.352 e. The fourth-order valence-corrected chi connectivity index (χ4v) is 3.67. The highest BCUT2D eigenvalue weighted by atomic mass is 15.3. The zero-order valence-corrected chi connectivity index (χ0v) is 14.5. The molecule has 6 heteroatoms. The number of aromatic nitrogens is 4. The molecule has 0 atom stereocenters. The SMILES string of the molecule is c1ccc(CN2CCN(c3nc4nccnc4n4cccc34)CC2)cc1. The Kier molecular flexibility index (Phi) is 3.75. The van der Waals surface area contributed by atoms with Crippen LogP contribution in [0.2, 0.25) is 0 Å². The van der Waals surface area contributed by atoms with Crippen molar-refractivity contribution in [3.63, 3.8) is 0 Å². The fourth-order valence-electron chi connectivity index (χ4n) is 3.67. The summed E-state index contributed by atoms with van der Waals surface area (Å²) < 4.78 is 2.08. The number of rotatable bonds is 3. The minimum absolute atomic E-state index is 0.693. The summed E-state index contributed by atoms with van der Waals surface area (Å²) in [6.45, 7) is 4.99. The standard InChI is InChI=1S/C20H20N6/c1-2-5-16(6-3-1)15-24-11-13-25(14-12-24)19-17-7-4-10-26(17)20-18(23-19)21-8-9-22-20/h1-10H,11-15H2. The molecule has 1 aliphatic rings. The molecule has 1 saturated heterocycles. The van der Waals surface area contributed by atoms with E-state index in [2.05, 4.69) is 60.6 Å². The minimum atomic E-state index is 0.693. The molecule has 1 fully saturated rings. The van der Waals surface area contributed by atoms with Crippen LogP contribution in [-0.2, 0) is 6.54 Å². The van der Waals surface area contributed by atoms with Crippen LogP contribution in [-0.4, -0.2) is 50.4 Å². The largest absolute Gasteiger partial charge is 0.352 e. The molecule has 0 saturated carbocycles. The predicted molar refractivity (Wildman–Crippen MR) is 102 cm³/mol. The average Bonchev–Trinajstić information content (AvgIpc) is 3.19. The molecule has 1 aliphatic heterocycles. The highest BCUT2D eigenvalue weighted by molar-refractivity contribution is 5.80. The van der Waals surface area contributed by atoms with E-state index < -0.39 is 0 Å². The lowest BCUT2D eigenvalue weighted by atomic mass is 10.2. The first-order chi connectivity index (χ1) is 12.9. The van der Waals surface area contributed by atoms with Crippen molar-refractivity contribution >= 4 is 22.6 Å². The van der Waals surface area contributed by atoms with Crippen LogP contribution in [0.3, 0.4) is 0 Å². The van der Waals surface area contributed by atoms with E-state index in [-0.39, 0.29) is 0 Å². The molecule has 3 aromatic heterocycles. The van der Waals surface area contributed by atoms with Gasteiger partial charge in [-0.05, 0) is 17.7 Å². The quantitative estimate of drug-likeness (QED) is 0.572. The van der Waals surface area contributed by atoms with Gasteiger partial charge < -0.3 is 4.90 Å². The lowest BCUT2D eigenvalue weighted by Crippen LogP contribution is -2.46. The highest BCUT2D eigenvalue weighted by Gasteiger charge is 2.21. The van der Waals surface area contributed by atoms with Crippen LogP contribution in [0.5, 0.6) is 0 Å². The lowest BCUT2D eigenvalue weighted by Gasteiger charge is -2.35. The Morgan fingerprint density at radius 2 is 1.65 bits per heavy atom. The van der Waals surface area contributed by atoms with Crippen LogP contribution in [0.25, 0.3) is 16.8 Å². The van der Waals surface area contributed by atoms with Crippen molar-refractivity contribution in [2.75, 3.05) is 31.1 Å². The van der Waals surface area contributed by atoms with E-state index in [0.717, 1.165) is 49.7 Å². The first-order valence-corrected chi connectivity index (χ1v) is 8.97. The number of benzene rings is 1. The summed E-state index contributed by atoms with van der Waals surface area (Å²) in [5.41, 5.74) is 3.96. The second-order valence-electron chi connectivity index (χ2n) is 6.65. The Balaban J connectivity index is 1.40. The van der Waals surface area contributed by atoms with Gasteiger partial charge in [-0.25, -0.2) is 15.0 Å². The van der Waals surface area contributed by atoms with Crippen LogP contribution >= 0.6 is 0 Å². The Morgan fingerprint density at radius 3 is 2.50 bits per heavy atom. The van der Waals surface area contributed by atoms with Gasteiger partial charge in [0.15, 0.2) is 17.1 Å². The topological polar surface area (TPSA) is 49.6 Å². The summed E-state index contributed by atoms with van der Waals surface area (Å²) >= 11 is 0. The van der Waals surface area contributed by atoms with E-state index in [9.17, 15) is 0 Å². The van der Waals surface area contributed by atoms with Crippen LogP contribution in [0.1, 0.15) is 5.56 Å². The van der Waals surface area contributed by atoms with E-state index in [0.29, 0.717) is 5.65 Å². The van der Waals surface area contributed by atoms with Gasteiger partial charge in [0, 0.05) is 51.3 Å². The third kappa shape index (κ3) is 2.68. The molecule has 26 heavy (non-hydrogen) atoms. The highest BCUT2D eigenvalue weighted by Crippen LogP contribution is 2.24. The molecule has 6 nitrogen and oxygen atoms in total. The van der Waals surface area contributed by atoms with Crippen molar-refractivity contribution < 1.29 is 0 Å². The summed E-state index contributed by atoms with van der Waals surface area (Å²) in [5.74, 6) is 1.00. The van der Waals surface area contributed by atoms with Crippen molar-refractivity contribution in [3.8, 4) is 0 Å². The zero-order chi connectivity index (χ0) is 17.3. The normalized spacial score (nSPS) is 15.8. The van der Waals surface area contributed by atoms with Gasteiger partial charge >= 0.3 is 0 Å². The third-order valence-corrected chi connectivity index (χ3v) is 5.00. The van der Waals surface area contributed by atoms with Gasteiger partial charge in [0.2, 0.25) is 0 Å². The molecular formula is C20H20N6. The van der Waals surface area contributed by atoms with Gasteiger partial charge in [-0.1, -0.05) is 30.3 Å². The molecule has 0 N–H and O–H groups in total. The molecule has 0 bridgehead atoms. The number of fused-ring (bicyclic) bond motifs is 3. The van der Waals surface area contributed by atoms with Crippen LogP contribution in [0, 0.1) is 0 Å². The molecule has 0 amide bonds. The smallest absolute Gasteiger partial charge is 0.198 e. The zero-order valence-electron chi connectivity index (χ0n) is 14.5. The summed E-state index contributed by atoms with van der Waals surface area (Å²) in [6, 6.07) is 14.8. The second-order valence-corrected chi connectivity index (χ2v) is 6.65. The van der Waals surface area contributed by atoms with Crippen LogP contribution < -0.4 is 4.90 Å². The van der Waals surface area contributed by atoms with E-state index in [1.807, 2.05) is 12.3 Å². The molecule has 4 aromatic rings. The first-order valence-electron chi connectivity index (χ1n) is 8.97. The summed E-state index contributed by atoms with van der Waals surface area (Å²) in [7, 11) is 0. The van der Waals surface area contributed by atoms with Gasteiger partial charge in [-0.2, -0.15) is 0 Å². The number of hydrogen-bond acceptors (Lipinski definition) is 5. The van der Waals surface area contributed by atoms with Crippen molar-refractivity contribution in [1.82, 2.24) is 24.3 Å². The van der Waals surface area contributed by atoms with Crippen molar-refractivity contribution in [3.05, 3.63) is 66.6 Å². The monoisotopic (exact) mass is 344 g/mol. The molecule has 0 aliphatic carbocycles. The summed E-state index contributed by atoms with van der Waals surface area (Å²) in [4.78, 5) is 18.5. The Hall–Kier alpha value is -2.99. The molecule has 5 rings (SSSR count). The first kappa shape index (κ1) is 15.3. The van der Waals surface area contributed by atoms with Crippen molar-refractivity contribution in [1.29, 1.82) is 0 Å². The Bertz CT molecular complexity index is 1030. The molecular weight excluding hydrogens is 324 g/mol. The maximum Gasteiger partial charge on any atom is 0.198 e. The lowest BCUT2D eigenvalue weighted by molar-refractivity contribution is 0.249. The van der Waals surface area contributed by atoms with Gasteiger partial charge in [0.25, 0.3) is 0 Å². The molecule has 130 valence electrons. The van der Waals surface area contributed by atoms with Crippen molar-refractivity contribution in [2.24, 2.45) is 0 Å². The van der Waals surface area contributed by atoms with E-state index in [1.54, 1.807) is 12.4 Å². The van der Waals surface area contributed by atoms with Crippen molar-refractivity contribution in [2.45, 2.75) is 6.54 Å². The van der Waals surface area contributed by atoms with Gasteiger partial charge in [-0.15, -0.1) is 0 Å². The van der Waals surface area contributed by atoms with Gasteiger partial charge in [0.05, 0.1) is 5.52 Å². The summed E-state index contributed by atoms with van der Waals surface area (Å²) in [5, 5.41) is 0. The molecule has 0 spiro atoms. The third-order valence-electron chi connectivity index (χ3n) is 5.00. The van der Waals surface area contributed by atoms with E-state index in [1.165, 1.54) is 5.56 Å². The molecule has 4 heterocycles. The van der Waals surface area contributed by atoms with E-state index in [4.69, 9.17) is 4.98 Å². The van der Waals surface area contributed by atoms with Gasteiger partial charge in [0.1, 0.15) is 0 Å². The Morgan fingerprint density at radius 1 is 0.846 bits per heavy atom. The molecule has 1 aromatic carbocycles. The predicted octanol–water partition coefficient (Wildman–Crippen LogP) is 2.60. The maximum atomic E-state index is 4.82. The average molecular weight is 344 g/mol. The Labute approximate surface area is 151 Å². The van der Waals surface area contributed by atoms with E-state index >= 15 is 0 Å². The molecule has 0 unspecified atom stereocenters. The molecule has 0 radical (unpaired) electrons. The summed E-state index contributed by atoms with van der Waals surface area (Å²) in [6.07, 6.45) is 5.45. The fraction of sp³-hybridized carbons (Fsp3) is 0.250. The second kappa shape index (κ2) is 6.38. The van der Waals surface area contributed by atoms with Crippen LogP contribution in [0.4, 0.5) is 5.82 Å². The van der Waals surface area contributed by atoms with Gasteiger partial charge in [-0.3, -0.25) is 9.30 Å². The number of piperazine rings is 1. The number of nitrogens with zero attached hydrogens (tertiary/aromatic N) is 6.